The number of unbranched alkanes of at least 4 members (excludes halogenated alkanes) is 1. The second-order valence-corrected chi connectivity index (χ2v) is 32.4. The highest BCUT2D eigenvalue weighted by Crippen LogP contribution is 2.15. The van der Waals surface area contributed by atoms with Crippen LogP contribution in [0.4, 0.5) is 0 Å². The molecule has 0 bridgehead atoms. The molecule has 0 N–H and O–H groups in total. The molecule has 0 fully saturated rings. The summed E-state index contributed by atoms with van der Waals surface area (Å²) >= 11 is 0. The average molecular weight is 1710 g/mol. The van der Waals surface area contributed by atoms with E-state index in [0.29, 0.717) is 46.2 Å². The van der Waals surface area contributed by atoms with Gasteiger partial charge in [0.25, 0.3) is 0 Å². The quantitative estimate of drug-likeness (QED) is 0.0102. The summed E-state index contributed by atoms with van der Waals surface area (Å²) in [5, 5.41) is 0. The van der Waals surface area contributed by atoms with Gasteiger partial charge in [0.2, 0.25) is 0 Å². The van der Waals surface area contributed by atoms with Gasteiger partial charge >= 0.3 is 41.8 Å². The van der Waals surface area contributed by atoms with Gasteiger partial charge in [-0.05, 0) is 147 Å². The van der Waals surface area contributed by atoms with E-state index in [2.05, 4.69) is 130 Å². The minimum atomic E-state index is -0.585. The summed E-state index contributed by atoms with van der Waals surface area (Å²) in [5.41, 5.74) is 4.02. The summed E-state index contributed by atoms with van der Waals surface area (Å²) in [6.45, 7) is 58.6. The Hall–Kier alpha value is -9.47. The maximum Gasteiger partial charge on any atom is 0.384 e. The lowest BCUT2D eigenvalue weighted by atomic mass is 10.2. The Kier molecular flexibility index (Phi) is 68.8. The van der Waals surface area contributed by atoms with Gasteiger partial charge in [-0.15, -0.1) is 19.3 Å². The number of esters is 7. The molecule has 4 rings (SSSR count). The first-order valence-electron chi connectivity index (χ1n) is 45.0. The lowest BCUT2D eigenvalue weighted by Gasteiger charge is -2.37. The molecule has 686 valence electrons. The van der Waals surface area contributed by atoms with Crippen molar-refractivity contribution in [2.75, 3.05) is 233 Å². The van der Waals surface area contributed by atoms with Gasteiger partial charge in [0.15, 0.2) is 0 Å². The standard InChI is InChI=1S/C20H32NO2.C19H30NO2.C17H26NO2.C14H20NO2.C13H24NO2.C11H20NO2.C8H14NO2/c1-4-7-16-21(6-3,15-5-2)17-18-23-20(22)14-13-19-11-9-8-10-12-19;1-4-14-20(6-3,15-5-2)16-17-22-19(21)13-12-18-10-8-7-9-11-18;1-4-18(5-2,6-3)14-15-20-17(19)13-12-16-10-8-7-9-11-16;1-15(2,3)11-12-17-14(16)10-9-13-7-5-4-6-8-13;1-5-9-14(8-4,10-6-2)11-12-16-13(15)7-3;1-5-11(13)14-10-9-12(6-2,7-3)8-4;1-5-8(10)11-7-6-9(2,3)4/h8-14H,4-7,15-18H2,1-3H3;7-13H,4-6,14-17H2,1-3H3;7-13H,4-6,14-15H2,1-3H3;4-10H,11-12H2,1-3H3;3H,5-6,8-12H2,1-2,4H3;1H,6-10H2,2-4H3;1H,6-7H2,2-4H3/q7*+1/b14-13+;2*13-12+;10-9+;;;. The van der Waals surface area contributed by atoms with Gasteiger partial charge in [-0.25, -0.2) is 33.6 Å². The minimum Gasteiger partial charge on any atom is -0.457 e. The summed E-state index contributed by atoms with van der Waals surface area (Å²) in [4.78, 5) is 78.6. The number of likely N-dealkylation sites (N-methyl/N-ethyl adjacent to an activating group) is 7. The number of hydrogen-bond acceptors (Lipinski definition) is 14. The second-order valence-electron chi connectivity index (χ2n) is 32.4. The Morgan fingerprint density at radius 2 is 0.439 bits per heavy atom. The second kappa shape index (κ2) is 71.9. The van der Waals surface area contributed by atoms with Crippen LogP contribution in [0.25, 0.3) is 24.3 Å². The van der Waals surface area contributed by atoms with Crippen molar-refractivity contribution in [2.24, 2.45) is 0 Å². The molecule has 21 nitrogen and oxygen atoms in total. The molecule has 0 aliphatic heterocycles. The number of hydrogen-bond donors (Lipinski definition) is 0. The molecule has 0 radical (unpaired) electrons. The molecular weight excluding hydrogens is 1550 g/mol. The van der Waals surface area contributed by atoms with Crippen LogP contribution in [0.5, 0.6) is 0 Å². The predicted octanol–water partition coefficient (Wildman–Crippen LogP) is 16.0. The van der Waals surface area contributed by atoms with E-state index >= 15 is 0 Å². The molecule has 0 aromatic heterocycles. The first kappa shape index (κ1) is 118. The number of ether oxygens (including phenoxy) is 7. The minimum absolute atomic E-state index is 0.255. The fraction of sp³-hybridized carbons (Fsp3) is 0.559. The van der Waals surface area contributed by atoms with Crippen LogP contribution >= 0.6 is 0 Å². The Morgan fingerprint density at radius 1 is 0.252 bits per heavy atom. The van der Waals surface area contributed by atoms with Crippen LogP contribution in [0.15, 0.2) is 146 Å². The number of benzene rings is 4. The summed E-state index contributed by atoms with van der Waals surface area (Å²) in [5.74, 6) is 3.01. The summed E-state index contributed by atoms with van der Waals surface area (Å²) in [6.07, 6.45) is 36.0. The summed E-state index contributed by atoms with van der Waals surface area (Å²) in [6, 6.07) is 39.0. The van der Waals surface area contributed by atoms with Crippen LogP contribution in [0.3, 0.4) is 0 Å². The van der Waals surface area contributed by atoms with Crippen molar-refractivity contribution in [2.45, 2.75) is 149 Å². The van der Waals surface area contributed by atoms with Gasteiger partial charge in [0.05, 0.1) is 140 Å². The highest BCUT2D eigenvalue weighted by atomic mass is 16.6. The van der Waals surface area contributed by atoms with Crippen LogP contribution in [-0.2, 0) is 66.7 Å². The SMILES string of the molecule is C#CC(=O)OCC[N+](C)(C)C.C#CC(=O)OCC[N+](CC)(CC)CC.C#CC(=O)OCC[N+](CC)(CCC)CCC.CCCC[N+](CC)(CCC)CCOC(=O)/C=C/c1ccccc1.CCC[N+](CC)(CCC)CCOC(=O)/C=C/c1ccccc1.CC[N+](CC)(CC)CCOC(=O)/C=C/c1ccccc1.C[N+](C)(C)CCOC(=O)/C=C/c1ccccc1. The van der Waals surface area contributed by atoms with Crippen molar-refractivity contribution in [3.8, 4) is 37.0 Å². The number of rotatable bonds is 51. The molecule has 4 aromatic carbocycles. The lowest BCUT2D eigenvalue weighted by molar-refractivity contribution is -0.926. The molecule has 0 saturated carbocycles. The van der Waals surface area contributed by atoms with Gasteiger partial charge in [-0.2, -0.15) is 0 Å². The normalized spacial score (nSPS) is 11.8. The van der Waals surface area contributed by atoms with Crippen molar-refractivity contribution >= 4 is 66.1 Å². The molecule has 0 heterocycles. The average Bonchev–Trinajstić information content (AvgIpc) is 0.887. The fourth-order valence-corrected chi connectivity index (χ4v) is 13.3. The number of nitrogens with zero attached hydrogens (tertiary/aromatic N) is 7. The Bertz CT molecular complexity index is 3650. The van der Waals surface area contributed by atoms with Crippen molar-refractivity contribution in [1.29, 1.82) is 0 Å². The lowest BCUT2D eigenvalue weighted by Crippen LogP contribution is -2.51. The largest absolute Gasteiger partial charge is 0.457 e. The molecule has 21 heteroatoms. The maximum absolute atomic E-state index is 11.8. The van der Waals surface area contributed by atoms with Crippen molar-refractivity contribution in [3.63, 3.8) is 0 Å². The van der Waals surface area contributed by atoms with Crippen LogP contribution in [0, 0.1) is 37.0 Å². The Morgan fingerprint density at radius 3 is 0.626 bits per heavy atom. The third-order valence-electron chi connectivity index (χ3n) is 21.7. The molecule has 0 saturated heterocycles. The van der Waals surface area contributed by atoms with Gasteiger partial charge < -0.3 is 64.5 Å². The highest BCUT2D eigenvalue weighted by Gasteiger charge is 2.27. The van der Waals surface area contributed by atoms with Crippen LogP contribution < -0.4 is 0 Å². The highest BCUT2D eigenvalue weighted by molar-refractivity contribution is 5.90. The van der Waals surface area contributed by atoms with E-state index < -0.39 is 17.9 Å². The molecule has 0 aliphatic rings. The van der Waals surface area contributed by atoms with Crippen molar-refractivity contribution in [1.82, 2.24) is 0 Å². The van der Waals surface area contributed by atoms with Crippen molar-refractivity contribution < 1.29 is 98.1 Å². The first-order valence-corrected chi connectivity index (χ1v) is 45.0. The maximum atomic E-state index is 11.8. The van der Waals surface area contributed by atoms with Gasteiger partial charge in [0.1, 0.15) is 92.1 Å². The first-order chi connectivity index (χ1) is 58.7. The number of carbonyl (C=O) groups is 7. The monoisotopic (exact) mass is 1710 g/mol. The zero-order valence-electron chi connectivity index (χ0n) is 80.2. The summed E-state index contributed by atoms with van der Waals surface area (Å²) < 4.78 is 42.3. The van der Waals surface area contributed by atoms with Crippen LogP contribution in [0.1, 0.15) is 171 Å². The zero-order chi connectivity index (χ0) is 93.2. The molecule has 4 aromatic rings. The number of quaternary nitrogens is 7. The van der Waals surface area contributed by atoms with Crippen LogP contribution in [-0.4, -0.2) is 306 Å². The van der Waals surface area contributed by atoms with Gasteiger partial charge in [-0.3, -0.25) is 0 Å². The molecule has 0 aliphatic carbocycles. The van der Waals surface area contributed by atoms with E-state index in [0.717, 1.165) is 217 Å². The Labute approximate surface area is 746 Å². The zero-order valence-corrected chi connectivity index (χ0v) is 80.2. The molecule has 1 atom stereocenters. The summed E-state index contributed by atoms with van der Waals surface area (Å²) in [7, 11) is 12.2. The van der Waals surface area contributed by atoms with E-state index in [1.807, 2.05) is 160 Å². The molecule has 123 heavy (non-hydrogen) atoms. The fourth-order valence-electron chi connectivity index (χ4n) is 13.3. The Balaban J connectivity index is -0.00000138. The molecule has 1 unspecified atom stereocenters. The molecule has 0 spiro atoms. The van der Waals surface area contributed by atoms with Gasteiger partial charge in [0, 0.05) is 42.1 Å². The van der Waals surface area contributed by atoms with E-state index in [-0.39, 0.29) is 23.9 Å². The topological polar surface area (TPSA) is 184 Å². The number of terminal acetylenes is 3. The molecule has 0 amide bonds. The van der Waals surface area contributed by atoms with Crippen LogP contribution in [0.2, 0.25) is 0 Å². The van der Waals surface area contributed by atoms with E-state index in [9.17, 15) is 33.6 Å². The van der Waals surface area contributed by atoms with E-state index in [1.165, 1.54) is 50.1 Å². The number of carbonyl (C=O) groups excluding carboxylic acids is 7. The van der Waals surface area contributed by atoms with E-state index in [4.69, 9.17) is 47.7 Å². The van der Waals surface area contributed by atoms with Crippen molar-refractivity contribution in [3.05, 3.63) is 168 Å². The van der Waals surface area contributed by atoms with E-state index in [1.54, 1.807) is 24.3 Å². The smallest absolute Gasteiger partial charge is 0.384 e. The molecular formula is C102H166N7O14+7. The third kappa shape index (κ3) is 61.5. The van der Waals surface area contributed by atoms with Gasteiger partial charge in [-0.1, -0.05) is 169 Å². The third-order valence-corrected chi connectivity index (χ3v) is 21.7. The predicted molar refractivity (Wildman–Crippen MR) is 507 cm³/mol.